The van der Waals surface area contributed by atoms with Crippen LogP contribution >= 0.6 is 0 Å². The van der Waals surface area contributed by atoms with Crippen LogP contribution in [0.4, 0.5) is 10.5 Å². The zero-order valence-corrected chi connectivity index (χ0v) is 30.5. The number of rotatable bonds is 15. The van der Waals surface area contributed by atoms with Crippen LogP contribution in [0.1, 0.15) is 43.9 Å². The van der Waals surface area contributed by atoms with Crippen molar-refractivity contribution in [1.82, 2.24) is 19.5 Å². The molecule has 3 aromatic rings. The van der Waals surface area contributed by atoms with Crippen molar-refractivity contribution in [3.8, 4) is 0 Å². The molecule has 3 aliphatic rings. The molecule has 14 heteroatoms. The average molecular weight is 734 g/mol. The lowest BCUT2D eigenvalue weighted by Crippen LogP contribution is -2.51. The Morgan fingerprint density at radius 1 is 1.10 bits per heavy atom. The Morgan fingerprint density at radius 2 is 1.87 bits per heavy atom. The molecular formula is C38H47N5O8S. The number of carbonyl (C=O) groups excluding carboxylic acids is 2. The van der Waals surface area contributed by atoms with Crippen molar-refractivity contribution in [3.05, 3.63) is 95.9 Å². The lowest BCUT2D eigenvalue weighted by atomic mass is 10.0. The van der Waals surface area contributed by atoms with Gasteiger partial charge in [0.05, 0.1) is 41.7 Å². The van der Waals surface area contributed by atoms with E-state index in [9.17, 15) is 23.1 Å². The SMILES string of the molecule is CCN(/C=C1\C(=O)Nc2ccc(S(=O)(=O)N(CC(C)C)C[C@@H](O)[C@H](Cc3ccccc3)NC(=O)O[C@H]3COC4OCCC43)cc21)Cc1ccncc1. The van der Waals surface area contributed by atoms with E-state index in [2.05, 4.69) is 15.6 Å². The number of nitrogens with zero attached hydrogens (tertiary/aromatic N) is 3. The number of amides is 2. The number of nitrogens with one attached hydrogen (secondary N) is 2. The minimum absolute atomic E-state index is 0.0137. The highest BCUT2D eigenvalue weighted by Crippen LogP contribution is 2.35. The maximum absolute atomic E-state index is 14.4. The summed E-state index contributed by atoms with van der Waals surface area (Å²) in [7, 11) is -4.19. The van der Waals surface area contributed by atoms with Gasteiger partial charge in [0.15, 0.2) is 6.29 Å². The van der Waals surface area contributed by atoms with E-state index in [1.807, 2.05) is 68.1 Å². The summed E-state index contributed by atoms with van der Waals surface area (Å²) in [6.45, 7) is 7.48. The van der Waals surface area contributed by atoms with Gasteiger partial charge in [-0.3, -0.25) is 9.78 Å². The molecule has 0 radical (unpaired) electrons. The molecular weight excluding hydrogens is 687 g/mol. The molecule has 52 heavy (non-hydrogen) atoms. The first-order valence-electron chi connectivity index (χ1n) is 17.7. The Morgan fingerprint density at radius 3 is 2.60 bits per heavy atom. The first kappa shape index (κ1) is 37.4. The summed E-state index contributed by atoms with van der Waals surface area (Å²) in [6.07, 6.45) is 3.22. The highest BCUT2D eigenvalue weighted by atomic mass is 32.2. The van der Waals surface area contributed by atoms with Crippen molar-refractivity contribution in [2.24, 2.45) is 11.8 Å². The van der Waals surface area contributed by atoms with Gasteiger partial charge in [0, 0.05) is 56.0 Å². The molecule has 0 spiro atoms. The second kappa shape index (κ2) is 16.6. The van der Waals surface area contributed by atoms with Gasteiger partial charge in [-0.05, 0) is 67.1 Å². The van der Waals surface area contributed by atoms with E-state index in [1.165, 1.54) is 16.4 Å². The van der Waals surface area contributed by atoms with E-state index in [4.69, 9.17) is 14.2 Å². The summed E-state index contributed by atoms with van der Waals surface area (Å²) in [5, 5.41) is 17.4. The van der Waals surface area contributed by atoms with Gasteiger partial charge in [-0.15, -0.1) is 0 Å². The van der Waals surface area contributed by atoms with Crippen LogP contribution in [0.2, 0.25) is 0 Å². The molecule has 1 aromatic heterocycles. The Bertz CT molecular complexity index is 1840. The van der Waals surface area contributed by atoms with Crippen molar-refractivity contribution >= 4 is 33.3 Å². The highest BCUT2D eigenvalue weighted by molar-refractivity contribution is 7.89. The molecule has 2 fully saturated rings. The summed E-state index contributed by atoms with van der Waals surface area (Å²) in [4.78, 5) is 32.4. The number of hydrogen-bond donors (Lipinski definition) is 3. The number of ether oxygens (including phenoxy) is 3. The number of hydrogen-bond acceptors (Lipinski definition) is 10. The molecule has 5 atom stereocenters. The molecule has 4 heterocycles. The number of carbonyl (C=O) groups is 2. The predicted molar refractivity (Wildman–Crippen MR) is 194 cm³/mol. The smallest absolute Gasteiger partial charge is 0.407 e. The number of sulfonamides is 1. The molecule has 13 nitrogen and oxygen atoms in total. The second-order valence-electron chi connectivity index (χ2n) is 13.8. The third kappa shape index (κ3) is 8.81. The summed E-state index contributed by atoms with van der Waals surface area (Å²) in [6, 6.07) is 16.8. The van der Waals surface area contributed by atoms with E-state index >= 15 is 0 Å². The normalized spacial score (nSPS) is 21.5. The van der Waals surface area contributed by atoms with Crippen LogP contribution in [0.15, 0.2) is 84.2 Å². The van der Waals surface area contributed by atoms with Crippen LogP contribution in [-0.2, 0) is 42.0 Å². The molecule has 2 aromatic carbocycles. The number of fused-ring (bicyclic) bond motifs is 2. The second-order valence-corrected chi connectivity index (χ2v) is 15.8. The van der Waals surface area contributed by atoms with Crippen LogP contribution < -0.4 is 10.6 Å². The van der Waals surface area contributed by atoms with Gasteiger partial charge in [0.25, 0.3) is 5.91 Å². The number of aliphatic hydroxyl groups is 1. The first-order valence-corrected chi connectivity index (χ1v) is 19.2. The van der Waals surface area contributed by atoms with Crippen molar-refractivity contribution in [2.45, 2.75) is 69.6 Å². The molecule has 0 bridgehead atoms. The monoisotopic (exact) mass is 733 g/mol. The van der Waals surface area contributed by atoms with E-state index in [0.717, 1.165) is 11.1 Å². The fraction of sp³-hybridized carbons (Fsp3) is 0.447. The van der Waals surface area contributed by atoms with Crippen molar-refractivity contribution in [3.63, 3.8) is 0 Å². The molecule has 278 valence electrons. The van der Waals surface area contributed by atoms with Gasteiger partial charge < -0.3 is 34.9 Å². The molecule has 6 rings (SSSR count). The number of benzene rings is 2. The van der Waals surface area contributed by atoms with Gasteiger partial charge in [0.2, 0.25) is 10.0 Å². The third-order valence-electron chi connectivity index (χ3n) is 9.53. The molecule has 0 aliphatic carbocycles. The molecule has 3 N–H and O–H groups in total. The predicted octanol–water partition coefficient (Wildman–Crippen LogP) is 4.00. The summed E-state index contributed by atoms with van der Waals surface area (Å²) in [5.74, 6) is -0.473. The molecule has 2 saturated heterocycles. The first-order chi connectivity index (χ1) is 25.0. The van der Waals surface area contributed by atoms with E-state index in [1.54, 1.807) is 24.7 Å². The van der Waals surface area contributed by atoms with E-state index in [-0.39, 0.29) is 48.8 Å². The third-order valence-corrected chi connectivity index (χ3v) is 11.4. The fourth-order valence-corrected chi connectivity index (χ4v) is 8.44. The number of aliphatic hydroxyl groups excluding tert-OH is 1. The minimum atomic E-state index is -4.19. The fourth-order valence-electron chi connectivity index (χ4n) is 6.79. The van der Waals surface area contributed by atoms with Crippen LogP contribution in [0.3, 0.4) is 0 Å². The van der Waals surface area contributed by atoms with Crippen molar-refractivity contribution < 1.29 is 37.3 Å². The molecule has 3 aliphatic heterocycles. The minimum Gasteiger partial charge on any atom is -0.443 e. The van der Waals surface area contributed by atoms with Crippen LogP contribution in [0.5, 0.6) is 0 Å². The number of alkyl carbamates (subject to hydrolysis) is 1. The van der Waals surface area contributed by atoms with Gasteiger partial charge in [-0.2, -0.15) is 4.31 Å². The van der Waals surface area contributed by atoms with Crippen LogP contribution in [-0.4, -0.2) is 97.1 Å². The summed E-state index contributed by atoms with van der Waals surface area (Å²) >= 11 is 0. The lowest BCUT2D eigenvalue weighted by Gasteiger charge is -2.31. The van der Waals surface area contributed by atoms with Crippen LogP contribution in [0.25, 0.3) is 5.57 Å². The number of pyridine rings is 1. The largest absolute Gasteiger partial charge is 0.443 e. The quantitative estimate of drug-likeness (QED) is 0.195. The zero-order chi connectivity index (χ0) is 36.8. The molecule has 2 amide bonds. The number of aromatic nitrogens is 1. The van der Waals surface area contributed by atoms with E-state index in [0.29, 0.717) is 42.9 Å². The number of anilines is 1. The molecule has 2 unspecified atom stereocenters. The standard InChI is InChI=1S/C38H47N5O8S/c1-4-42(21-27-12-15-39-16-13-27)22-31-30-19-28(10-11-32(30)40-36(31)45)52(47,48)43(20-25(2)3)23-34(44)33(18-26-8-6-5-7-9-26)41-38(46)51-35-24-50-37-29(35)14-17-49-37/h5-13,15-16,19,22,25,29,33-35,37,44H,4,14,17-18,20-21,23-24H2,1-3H3,(H,40,45)(H,41,46)/b31-22-/t29?,33-,34+,35-,37?/m0/s1. The maximum Gasteiger partial charge on any atom is 0.407 e. The van der Waals surface area contributed by atoms with Gasteiger partial charge in [0.1, 0.15) is 6.10 Å². The zero-order valence-electron chi connectivity index (χ0n) is 29.7. The lowest BCUT2D eigenvalue weighted by molar-refractivity contribution is -0.110. The Balaban J connectivity index is 1.23. The Kier molecular flexibility index (Phi) is 11.9. The van der Waals surface area contributed by atoms with Crippen molar-refractivity contribution in [1.29, 1.82) is 0 Å². The highest BCUT2D eigenvalue weighted by Gasteiger charge is 2.44. The summed E-state index contributed by atoms with van der Waals surface area (Å²) < 4.78 is 46.9. The van der Waals surface area contributed by atoms with Crippen LogP contribution in [0, 0.1) is 11.8 Å². The summed E-state index contributed by atoms with van der Waals surface area (Å²) in [5.41, 5.74) is 3.20. The van der Waals surface area contributed by atoms with Gasteiger partial charge in [-0.1, -0.05) is 44.2 Å². The molecule has 0 saturated carbocycles. The average Bonchev–Trinajstić information content (AvgIpc) is 3.83. The maximum atomic E-state index is 14.4. The van der Waals surface area contributed by atoms with Crippen molar-refractivity contribution in [2.75, 3.05) is 38.2 Å². The van der Waals surface area contributed by atoms with Gasteiger partial charge >= 0.3 is 6.09 Å². The van der Waals surface area contributed by atoms with E-state index < -0.39 is 40.7 Å². The Hall–Kier alpha value is -4.34. The Labute approximate surface area is 305 Å². The topological polar surface area (TPSA) is 160 Å². The van der Waals surface area contributed by atoms with Gasteiger partial charge in [-0.25, -0.2) is 13.2 Å².